The van der Waals surface area contributed by atoms with Crippen LogP contribution < -0.4 is 20.3 Å². The minimum atomic E-state index is -4.56. The van der Waals surface area contributed by atoms with Crippen molar-refractivity contribution >= 4 is 28.9 Å². The Morgan fingerprint density at radius 1 is 1.12 bits per heavy atom. The molecule has 1 unspecified atom stereocenters. The maximum Gasteiger partial charge on any atom is 0.417 e. The first-order valence-electron chi connectivity index (χ1n) is 13.4. The molecule has 2 amide bonds. The number of aromatic nitrogens is 3. The Bertz CT molecular complexity index is 1400. The van der Waals surface area contributed by atoms with E-state index in [9.17, 15) is 31.5 Å². The Morgan fingerprint density at radius 2 is 1.81 bits per heavy atom. The van der Waals surface area contributed by atoms with Crippen molar-refractivity contribution in [1.29, 1.82) is 0 Å². The summed E-state index contributed by atoms with van der Waals surface area (Å²) in [4.78, 5) is 30.5. The third-order valence-corrected chi connectivity index (χ3v) is 6.47. The normalized spacial score (nSPS) is 15.8. The molecule has 0 spiro atoms. The van der Waals surface area contributed by atoms with Crippen molar-refractivity contribution in [3.8, 4) is 5.88 Å². The lowest BCUT2D eigenvalue weighted by molar-refractivity contribution is -0.137. The van der Waals surface area contributed by atoms with Crippen molar-refractivity contribution in [3.05, 3.63) is 73.2 Å². The Labute approximate surface area is 245 Å². The van der Waals surface area contributed by atoms with Gasteiger partial charge in [-0.15, -0.1) is 13.2 Å². The van der Waals surface area contributed by atoms with E-state index in [4.69, 9.17) is 4.74 Å². The molecule has 0 bridgehead atoms. The lowest BCUT2D eigenvalue weighted by Gasteiger charge is -2.31. The smallest absolute Gasteiger partial charge is 0.417 e. The van der Waals surface area contributed by atoms with Gasteiger partial charge in [-0.2, -0.15) is 18.3 Å². The zero-order valence-electron chi connectivity index (χ0n) is 23.8. The fourth-order valence-corrected chi connectivity index (χ4v) is 4.31. The van der Waals surface area contributed by atoms with Gasteiger partial charge in [0.1, 0.15) is 18.3 Å². The second-order valence-corrected chi connectivity index (χ2v) is 9.75. The number of carbonyl (C=O) groups is 2. The Kier molecular flexibility index (Phi) is 10.8. The minimum absolute atomic E-state index is 0.0785. The lowest BCUT2D eigenvalue weighted by Crippen LogP contribution is -2.41. The van der Waals surface area contributed by atoms with Gasteiger partial charge in [0.05, 0.1) is 24.0 Å². The van der Waals surface area contributed by atoms with Crippen LogP contribution in [0.1, 0.15) is 48.5 Å². The first kappa shape index (κ1) is 33.0. The highest BCUT2D eigenvalue weighted by Crippen LogP contribution is 2.39. The molecule has 2 N–H and O–H groups in total. The Balaban J connectivity index is 0.000000487. The van der Waals surface area contributed by atoms with Crippen LogP contribution >= 0.6 is 0 Å². The van der Waals surface area contributed by atoms with E-state index < -0.39 is 35.5 Å². The van der Waals surface area contributed by atoms with Gasteiger partial charge in [0.15, 0.2) is 0 Å². The van der Waals surface area contributed by atoms with Gasteiger partial charge in [-0.1, -0.05) is 6.07 Å². The molecule has 3 heterocycles. The summed E-state index contributed by atoms with van der Waals surface area (Å²) in [6.45, 7) is 8.02. The van der Waals surface area contributed by atoms with Gasteiger partial charge in [-0.25, -0.2) is 13.8 Å². The van der Waals surface area contributed by atoms with Gasteiger partial charge in [0.25, 0.3) is 5.91 Å². The number of halogens is 5. The van der Waals surface area contributed by atoms with Gasteiger partial charge < -0.3 is 20.3 Å². The zero-order chi connectivity index (χ0) is 31.8. The molecular formula is C29H33F5N6O3. The summed E-state index contributed by atoms with van der Waals surface area (Å²) < 4.78 is 70.4. The molecular weight excluding hydrogens is 575 g/mol. The molecule has 1 fully saturated rings. The molecule has 232 valence electrons. The number of benzene rings is 1. The molecule has 5 rings (SSSR count). The van der Waals surface area contributed by atoms with Crippen molar-refractivity contribution < 1.29 is 36.3 Å². The number of amides is 2. The number of alkyl halides is 5. The summed E-state index contributed by atoms with van der Waals surface area (Å²) in [5.74, 6) is -3.16. The predicted molar refractivity (Wildman–Crippen MR) is 152 cm³/mol. The number of ether oxygens (including phenoxy) is 1. The van der Waals surface area contributed by atoms with E-state index in [1.165, 1.54) is 23.9 Å². The molecule has 2 aliphatic rings. The summed E-state index contributed by atoms with van der Waals surface area (Å²) in [5.41, 5.74) is 0.484. The largest absolute Gasteiger partial charge is 0.474 e. The van der Waals surface area contributed by atoms with Gasteiger partial charge in [-0.05, 0) is 44.0 Å². The van der Waals surface area contributed by atoms with Gasteiger partial charge in [0, 0.05) is 43.5 Å². The van der Waals surface area contributed by atoms with Crippen molar-refractivity contribution in [2.45, 2.75) is 50.7 Å². The first-order valence-corrected chi connectivity index (χ1v) is 13.4. The second kappa shape index (κ2) is 14.1. The number of aryl methyl sites for hydroxylation is 1. The summed E-state index contributed by atoms with van der Waals surface area (Å²) in [7, 11) is 1.71. The fourth-order valence-electron chi connectivity index (χ4n) is 4.31. The quantitative estimate of drug-likeness (QED) is 0.268. The number of hydrogen-bond acceptors (Lipinski definition) is 6. The second-order valence-electron chi connectivity index (χ2n) is 9.75. The Hall–Kier alpha value is -4.49. The average Bonchev–Trinajstić information content (AvgIpc) is 3.59. The van der Waals surface area contributed by atoms with E-state index in [2.05, 4.69) is 33.9 Å². The van der Waals surface area contributed by atoms with Crippen LogP contribution in [0.25, 0.3) is 0 Å². The number of hydrogen-bond donors (Lipinski definition) is 2. The molecule has 2 aromatic heterocycles. The summed E-state index contributed by atoms with van der Waals surface area (Å²) in [5, 5.41) is 9.23. The maximum absolute atomic E-state index is 13.2. The monoisotopic (exact) mass is 608 g/mol. The van der Waals surface area contributed by atoms with E-state index in [1.54, 1.807) is 36.3 Å². The molecule has 9 nitrogen and oxygen atoms in total. The average molecular weight is 609 g/mol. The standard InChI is InChI=1S/C22H21F3N6O3.C5H8F2.C2H4/c1-13(19(32)29-16-11-27-30(2)12-16)28-20(33)14-4-3-5-17(8-14)31-6-7-34-21-18(31)9-15(10-26-21)22(23,24)25;6-5(7)3-1-2-4-5;1-2/h3-5,8-13H,6-7H2,1-2H3,(H,28,33)(H,29,32);1-4H2;1-2H2. The lowest BCUT2D eigenvalue weighted by atomic mass is 10.1. The van der Waals surface area contributed by atoms with Crippen molar-refractivity contribution in [2.75, 3.05) is 23.4 Å². The van der Waals surface area contributed by atoms with Crippen LogP contribution in [-0.4, -0.2) is 51.7 Å². The number of fused-ring (bicyclic) bond motifs is 1. The molecule has 1 saturated carbocycles. The number of nitrogens with zero attached hydrogens (tertiary/aromatic N) is 4. The number of pyridine rings is 1. The highest BCUT2D eigenvalue weighted by atomic mass is 19.4. The van der Waals surface area contributed by atoms with Crippen LogP contribution in [0.2, 0.25) is 0 Å². The van der Waals surface area contributed by atoms with Crippen molar-refractivity contribution in [2.24, 2.45) is 7.05 Å². The minimum Gasteiger partial charge on any atom is -0.474 e. The summed E-state index contributed by atoms with van der Waals surface area (Å²) in [6.07, 6.45) is 0.938. The molecule has 1 aromatic carbocycles. The first-order chi connectivity index (χ1) is 20.3. The van der Waals surface area contributed by atoms with Crippen LogP contribution in [0.5, 0.6) is 5.88 Å². The Morgan fingerprint density at radius 3 is 2.40 bits per heavy atom. The van der Waals surface area contributed by atoms with Gasteiger partial charge in [-0.3, -0.25) is 14.3 Å². The van der Waals surface area contributed by atoms with Gasteiger partial charge >= 0.3 is 6.18 Å². The van der Waals surface area contributed by atoms with E-state index in [-0.39, 0.29) is 43.1 Å². The molecule has 1 aliphatic heterocycles. The molecule has 0 saturated heterocycles. The van der Waals surface area contributed by atoms with E-state index >= 15 is 0 Å². The van der Waals surface area contributed by atoms with E-state index in [0.717, 1.165) is 12.3 Å². The fraction of sp³-hybridized carbons (Fsp3) is 0.379. The SMILES string of the molecule is C=C.CC(NC(=O)c1cccc(N2CCOc3ncc(C(F)(F)F)cc32)c1)C(=O)Nc1cnn(C)c1.FC1(F)CCCC1. The summed E-state index contributed by atoms with van der Waals surface area (Å²) in [6, 6.07) is 6.50. The van der Waals surface area contributed by atoms with Gasteiger partial charge in [0.2, 0.25) is 17.7 Å². The molecule has 3 aromatic rings. The highest BCUT2D eigenvalue weighted by Gasteiger charge is 2.34. The number of nitrogens with one attached hydrogen (secondary N) is 2. The zero-order valence-corrected chi connectivity index (χ0v) is 23.8. The van der Waals surface area contributed by atoms with E-state index in [1.807, 2.05) is 0 Å². The third kappa shape index (κ3) is 9.00. The van der Waals surface area contributed by atoms with Crippen LogP contribution in [0, 0.1) is 0 Å². The number of anilines is 3. The van der Waals surface area contributed by atoms with Crippen molar-refractivity contribution in [1.82, 2.24) is 20.1 Å². The molecule has 1 atom stereocenters. The number of rotatable bonds is 5. The van der Waals surface area contributed by atoms with Crippen LogP contribution in [0.15, 0.2) is 62.1 Å². The van der Waals surface area contributed by atoms with Crippen molar-refractivity contribution in [3.63, 3.8) is 0 Å². The van der Waals surface area contributed by atoms with E-state index in [0.29, 0.717) is 24.2 Å². The highest BCUT2D eigenvalue weighted by molar-refractivity contribution is 6.01. The predicted octanol–water partition coefficient (Wildman–Crippen LogP) is 6.12. The molecule has 43 heavy (non-hydrogen) atoms. The third-order valence-electron chi connectivity index (χ3n) is 6.47. The maximum atomic E-state index is 13.2. The molecule has 0 radical (unpaired) electrons. The summed E-state index contributed by atoms with van der Waals surface area (Å²) >= 11 is 0. The molecule has 1 aliphatic carbocycles. The van der Waals surface area contributed by atoms with Crippen LogP contribution in [0.4, 0.5) is 39.0 Å². The molecule has 14 heteroatoms. The topological polar surface area (TPSA) is 101 Å². The van der Waals surface area contributed by atoms with Crippen LogP contribution in [0.3, 0.4) is 0 Å². The van der Waals surface area contributed by atoms with Crippen LogP contribution in [-0.2, 0) is 18.0 Å². The number of carbonyl (C=O) groups excluding carboxylic acids is 2.